The van der Waals surface area contributed by atoms with Gasteiger partial charge in [-0.25, -0.2) is 10.8 Å². The third-order valence-corrected chi connectivity index (χ3v) is 2.11. The van der Waals surface area contributed by atoms with Crippen LogP contribution in [0.15, 0.2) is 29.3 Å². The van der Waals surface area contributed by atoms with Crippen molar-refractivity contribution >= 4 is 5.96 Å². The number of hydrogen-bond donors (Lipinski definition) is 3. The van der Waals surface area contributed by atoms with Crippen molar-refractivity contribution in [1.29, 1.82) is 0 Å². The zero-order valence-electron chi connectivity index (χ0n) is 7.25. The molecule has 2 rings (SSSR count). The predicted octanol–water partition coefficient (Wildman–Crippen LogP) is 0.109. The summed E-state index contributed by atoms with van der Waals surface area (Å²) in [5.74, 6) is 5.91. The van der Waals surface area contributed by atoms with E-state index < -0.39 is 0 Å². The molecule has 13 heavy (non-hydrogen) atoms. The summed E-state index contributed by atoms with van der Waals surface area (Å²) >= 11 is 0. The number of nitrogens with one attached hydrogen (secondary N) is 2. The maximum atomic E-state index is 5.26. The molecule has 1 aliphatic heterocycles. The highest BCUT2D eigenvalue weighted by molar-refractivity contribution is 5.79. The van der Waals surface area contributed by atoms with Crippen LogP contribution < -0.4 is 16.6 Å². The topological polar surface area (TPSA) is 62.4 Å². The Balaban J connectivity index is 2.26. The summed E-state index contributed by atoms with van der Waals surface area (Å²) in [5, 5.41) is 3.10. The van der Waals surface area contributed by atoms with Crippen LogP contribution in [0.2, 0.25) is 0 Å². The van der Waals surface area contributed by atoms with Gasteiger partial charge in [0, 0.05) is 6.54 Å². The maximum absolute atomic E-state index is 5.26. The predicted molar refractivity (Wildman–Crippen MR) is 51.7 cm³/mol. The largest absolute Gasteiger partial charge is 0.351 e. The second-order valence-corrected chi connectivity index (χ2v) is 2.93. The Morgan fingerprint density at radius 1 is 1.31 bits per heavy atom. The number of nitrogens with zero attached hydrogens (tertiary/aromatic N) is 1. The van der Waals surface area contributed by atoms with Crippen molar-refractivity contribution in [2.24, 2.45) is 10.8 Å². The fourth-order valence-corrected chi connectivity index (χ4v) is 1.38. The zero-order chi connectivity index (χ0) is 9.10. The smallest absolute Gasteiger partial charge is 0.206 e. The van der Waals surface area contributed by atoms with E-state index in [9.17, 15) is 0 Å². The molecule has 0 unspecified atom stereocenters. The van der Waals surface area contributed by atoms with E-state index in [1.165, 1.54) is 11.1 Å². The number of benzene rings is 1. The van der Waals surface area contributed by atoms with Gasteiger partial charge in [-0.15, -0.1) is 0 Å². The molecule has 68 valence electrons. The lowest BCUT2D eigenvalue weighted by Crippen LogP contribution is -2.40. The molecule has 1 aromatic carbocycles. The van der Waals surface area contributed by atoms with Crippen LogP contribution in [0, 0.1) is 0 Å². The molecule has 0 aliphatic carbocycles. The molecule has 0 radical (unpaired) electrons. The lowest BCUT2D eigenvalue weighted by Gasteiger charge is -2.05. The van der Waals surface area contributed by atoms with E-state index in [0.717, 1.165) is 6.54 Å². The van der Waals surface area contributed by atoms with E-state index in [1.54, 1.807) is 0 Å². The molecule has 0 saturated carbocycles. The molecule has 1 heterocycles. The van der Waals surface area contributed by atoms with Crippen molar-refractivity contribution in [2.45, 2.75) is 13.1 Å². The first-order chi connectivity index (χ1) is 6.40. The number of fused-ring (bicyclic) bond motifs is 1. The summed E-state index contributed by atoms with van der Waals surface area (Å²) in [7, 11) is 0. The lowest BCUT2D eigenvalue weighted by molar-refractivity contribution is 0.850. The van der Waals surface area contributed by atoms with Gasteiger partial charge in [0.05, 0.1) is 6.54 Å². The Hall–Kier alpha value is -1.55. The number of aliphatic imine (C=N–C) groups is 1. The van der Waals surface area contributed by atoms with Crippen molar-refractivity contribution in [1.82, 2.24) is 10.7 Å². The third-order valence-electron chi connectivity index (χ3n) is 2.11. The van der Waals surface area contributed by atoms with Crippen LogP contribution in [0.1, 0.15) is 11.1 Å². The van der Waals surface area contributed by atoms with Gasteiger partial charge in [0.1, 0.15) is 0 Å². The lowest BCUT2D eigenvalue weighted by atomic mass is 10.1. The summed E-state index contributed by atoms with van der Waals surface area (Å²) in [4.78, 5) is 4.25. The highest BCUT2D eigenvalue weighted by Crippen LogP contribution is 2.11. The normalized spacial score (nSPS) is 15.0. The van der Waals surface area contributed by atoms with Crippen LogP contribution in [0.25, 0.3) is 0 Å². The first-order valence-corrected chi connectivity index (χ1v) is 4.22. The SMILES string of the molecule is NNC1=NCc2ccccc2CN1. The zero-order valence-corrected chi connectivity index (χ0v) is 7.25. The molecule has 4 nitrogen and oxygen atoms in total. The molecule has 0 spiro atoms. The number of hydrazine groups is 1. The van der Waals surface area contributed by atoms with Crippen LogP contribution in [-0.4, -0.2) is 5.96 Å². The van der Waals surface area contributed by atoms with Gasteiger partial charge in [0.15, 0.2) is 0 Å². The van der Waals surface area contributed by atoms with Crippen molar-refractivity contribution in [3.05, 3.63) is 35.4 Å². The Bertz CT molecular complexity index is 332. The second-order valence-electron chi connectivity index (χ2n) is 2.93. The molecule has 4 N–H and O–H groups in total. The van der Waals surface area contributed by atoms with Crippen LogP contribution in [-0.2, 0) is 13.1 Å². The Kier molecular flexibility index (Phi) is 2.14. The molecule has 0 bridgehead atoms. The summed E-state index contributed by atoms with van der Waals surface area (Å²) in [6, 6.07) is 8.23. The van der Waals surface area contributed by atoms with Crippen LogP contribution in [0.4, 0.5) is 0 Å². The highest BCUT2D eigenvalue weighted by Gasteiger charge is 2.06. The van der Waals surface area contributed by atoms with E-state index in [4.69, 9.17) is 5.84 Å². The second kappa shape index (κ2) is 3.45. The van der Waals surface area contributed by atoms with Crippen molar-refractivity contribution in [2.75, 3.05) is 0 Å². The molecular formula is C9H12N4. The van der Waals surface area contributed by atoms with E-state index >= 15 is 0 Å². The number of nitrogens with two attached hydrogens (primary N) is 1. The molecule has 0 saturated heterocycles. The molecule has 0 aromatic heterocycles. The summed E-state index contributed by atoms with van der Waals surface area (Å²) in [5.41, 5.74) is 5.04. The van der Waals surface area contributed by atoms with Crippen LogP contribution in [0.3, 0.4) is 0 Å². The molecule has 0 fully saturated rings. The van der Waals surface area contributed by atoms with E-state index in [2.05, 4.69) is 27.9 Å². The van der Waals surface area contributed by atoms with E-state index in [1.807, 2.05) is 12.1 Å². The molecular weight excluding hydrogens is 164 g/mol. The minimum Gasteiger partial charge on any atom is -0.351 e. The molecule has 0 amide bonds. The van der Waals surface area contributed by atoms with Crippen molar-refractivity contribution in [3.8, 4) is 0 Å². The molecule has 1 aliphatic rings. The minimum atomic E-state index is 0.649. The standard InChI is InChI=1S/C9H12N4/c10-13-9-11-5-7-3-1-2-4-8(7)6-12-9/h1-4H,5-6,10H2,(H2,11,12,13). The van der Waals surface area contributed by atoms with E-state index in [-0.39, 0.29) is 0 Å². The fourth-order valence-electron chi connectivity index (χ4n) is 1.38. The molecule has 4 heteroatoms. The van der Waals surface area contributed by atoms with Gasteiger partial charge < -0.3 is 5.32 Å². The van der Waals surface area contributed by atoms with Gasteiger partial charge in [-0.05, 0) is 11.1 Å². The Morgan fingerprint density at radius 3 is 2.85 bits per heavy atom. The first kappa shape index (κ1) is 8.07. The minimum absolute atomic E-state index is 0.649. The Morgan fingerprint density at radius 2 is 2.08 bits per heavy atom. The van der Waals surface area contributed by atoms with Gasteiger partial charge in [-0.2, -0.15) is 0 Å². The van der Waals surface area contributed by atoms with Gasteiger partial charge in [-0.1, -0.05) is 24.3 Å². The summed E-state index contributed by atoms with van der Waals surface area (Å²) in [6.07, 6.45) is 0. The average Bonchev–Trinajstić information content (AvgIpc) is 2.39. The quantitative estimate of drug-likeness (QED) is 0.388. The third kappa shape index (κ3) is 1.62. The van der Waals surface area contributed by atoms with Gasteiger partial charge >= 0.3 is 0 Å². The van der Waals surface area contributed by atoms with Gasteiger partial charge in [0.2, 0.25) is 5.96 Å². The number of hydrogen-bond acceptors (Lipinski definition) is 4. The average molecular weight is 176 g/mol. The number of rotatable bonds is 0. The molecule has 1 aromatic rings. The van der Waals surface area contributed by atoms with Gasteiger partial charge in [0.25, 0.3) is 0 Å². The van der Waals surface area contributed by atoms with Gasteiger partial charge in [-0.3, -0.25) is 5.43 Å². The van der Waals surface area contributed by atoms with E-state index in [0.29, 0.717) is 12.5 Å². The van der Waals surface area contributed by atoms with Crippen molar-refractivity contribution in [3.63, 3.8) is 0 Å². The van der Waals surface area contributed by atoms with Crippen molar-refractivity contribution < 1.29 is 0 Å². The van der Waals surface area contributed by atoms with Crippen LogP contribution >= 0.6 is 0 Å². The van der Waals surface area contributed by atoms with Crippen LogP contribution in [0.5, 0.6) is 0 Å². The maximum Gasteiger partial charge on any atom is 0.206 e. The number of guanidine groups is 1. The Labute approximate surface area is 76.8 Å². The summed E-state index contributed by atoms with van der Waals surface area (Å²) < 4.78 is 0. The first-order valence-electron chi connectivity index (χ1n) is 4.22. The summed E-state index contributed by atoms with van der Waals surface area (Å²) in [6.45, 7) is 1.46. The molecule has 0 atom stereocenters. The monoisotopic (exact) mass is 176 g/mol. The highest BCUT2D eigenvalue weighted by atomic mass is 15.3. The fraction of sp³-hybridized carbons (Fsp3) is 0.222.